The van der Waals surface area contributed by atoms with Crippen LogP contribution in [0.25, 0.3) is 0 Å². The molecule has 4 N–H and O–H groups in total. The van der Waals surface area contributed by atoms with Gasteiger partial charge < -0.3 is 11.1 Å². The van der Waals surface area contributed by atoms with E-state index in [0.29, 0.717) is 6.42 Å². The molecule has 2 aromatic rings. The first-order chi connectivity index (χ1) is 9.20. The van der Waals surface area contributed by atoms with Crippen molar-refractivity contribution < 1.29 is 4.79 Å². The van der Waals surface area contributed by atoms with Crippen molar-refractivity contribution in [1.29, 1.82) is 0 Å². The first-order valence-electron chi connectivity index (χ1n) is 6.01. The maximum absolute atomic E-state index is 11.4. The summed E-state index contributed by atoms with van der Waals surface area (Å²) in [6.07, 6.45) is 3.76. The molecule has 0 bridgehead atoms. The van der Waals surface area contributed by atoms with E-state index in [-0.39, 0.29) is 5.91 Å². The number of anilines is 1. The molecule has 6 heteroatoms. The second kappa shape index (κ2) is 6.01. The van der Waals surface area contributed by atoms with E-state index in [1.807, 2.05) is 30.3 Å². The van der Waals surface area contributed by atoms with Crippen molar-refractivity contribution in [2.45, 2.75) is 12.5 Å². The van der Waals surface area contributed by atoms with Crippen molar-refractivity contribution in [3.05, 3.63) is 48.5 Å². The number of hydrogen-bond donors (Lipinski definition) is 3. The molecule has 0 aliphatic carbocycles. The summed E-state index contributed by atoms with van der Waals surface area (Å²) in [7, 11) is 1.57. The zero-order valence-corrected chi connectivity index (χ0v) is 10.7. The fourth-order valence-corrected chi connectivity index (χ4v) is 1.73. The van der Waals surface area contributed by atoms with Gasteiger partial charge in [-0.3, -0.25) is 10.2 Å². The molecule has 0 aliphatic rings. The number of carbonyl (C=O) groups is 1. The lowest BCUT2D eigenvalue weighted by Crippen LogP contribution is -2.40. The summed E-state index contributed by atoms with van der Waals surface area (Å²) >= 11 is 0. The highest BCUT2D eigenvalue weighted by atomic mass is 16.2. The van der Waals surface area contributed by atoms with Crippen molar-refractivity contribution >= 4 is 11.6 Å². The molecular formula is C13H17N5O. The summed E-state index contributed by atoms with van der Waals surface area (Å²) in [4.78, 5) is 15.5. The molecule has 100 valence electrons. The van der Waals surface area contributed by atoms with Crippen LogP contribution in [0.5, 0.6) is 0 Å². The normalized spacial score (nSPS) is 11.9. The first-order valence-corrected chi connectivity index (χ1v) is 6.01. The maximum Gasteiger partial charge on any atom is 0.237 e. The Morgan fingerprint density at radius 1 is 1.42 bits per heavy atom. The number of carbonyl (C=O) groups excluding carboxylic acids is 1. The average molecular weight is 259 g/mol. The SMILES string of the molecule is CNC(=O)C(N)Cc1cncn1Nc1ccccc1. The summed E-state index contributed by atoms with van der Waals surface area (Å²) in [5, 5.41) is 2.53. The molecule has 1 atom stereocenters. The van der Waals surface area contributed by atoms with Gasteiger partial charge in [-0.1, -0.05) is 18.2 Å². The molecule has 19 heavy (non-hydrogen) atoms. The molecule has 0 radical (unpaired) electrons. The lowest BCUT2D eigenvalue weighted by atomic mass is 10.1. The molecule has 1 aromatic carbocycles. The number of nitrogens with one attached hydrogen (secondary N) is 2. The van der Waals surface area contributed by atoms with Gasteiger partial charge in [0.1, 0.15) is 6.33 Å². The van der Waals surface area contributed by atoms with Crippen LogP contribution in [0, 0.1) is 0 Å². The van der Waals surface area contributed by atoms with E-state index in [0.717, 1.165) is 11.4 Å². The van der Waals surface area contributed by atoms with E-state index in [4.69, 9.17) is 5.73 Å². The Labute approximate surface area is 111 Å². The third-order valence-electron chi connectivity index (χ3n) is 2.75. The topological polar surface area (TPSA) is 85.0 Å². The Hall–Kier alpha value is -2.34. The van der Waals surface area contributed by atoms with Crippen LogP contribution in [0.2, 0.25) is 0 Å². The Bertz CT molecular complexity index is 537. The molecule has 0 aliphatic heterocycles. The summed E-state index contributed by atoms with van der Waals surface area (Å²) in [5.41, 5.74) is 10.8. The largest absolute Gasteiger partial charge is 0.358 e. The standard InChI is InChI=1S/C13H17N5O/c1-15-13(19)12(14)7-11-8-16-9-18(11)17-10-5-3-2-4-6-10/h2-6,8-9,12,17H,7,14H2,1H3,(H,15,19). The van der Waals surface area contributed by atoms with Gasteiger partial charge in [0, 0.05) is 13.5 Å². The predicted octanol–water partition coefficient (Wildman–Crippen LogP) is 0.374. The Morgan fingerprint density at radius 3 is 2.84 bits per heavy atom. The summed E-state index contributed by atoms with van der Waals surface area (Å²) in [5.74, 6) is -0.188. The number of rotatable bonds is 5. The number of likely N-dealkylation sites (N-methyl/N-ethyl adjacent to an activating group) is 1. The van der Waals surface area contributed by atoms with Gasteiger partial charge in [-0.25, -0.2) is 9.66 Å². The highest BCUT2D eigenvalue weighted by Gasteiger charge is 2.14. The molecule has 1 amide bonds. The molecule has 6 nitrogen and oxygen atoms in total. The number of hydrogen-bond acceptors (Lipinski definition) is 4. The van der Waals surface area contributed by atoms with Crippen LogP contribution in [0.4, 0.5) is 5.69 Å². The Balaban J connectivity index is 2.08. The van der Waals surface area contributed by atoms with Gasteiger partial charge >= 0.3 is 0 Å². The lowest BCUT2D eigenvalue weighted by Gasteiger charge is -2.13. The van der Waals surface area contributed by atoms with Gasteiger partial charge in [-0.2, -0.15) is 0 Å². The van der Waals surface area contributed by atoms with Crippen molar-refractivity contribution in [3.8, 4) is 0 Å². The first kappa shape index (κ1) is 13.1. The smallest absolute Gasteiger partial charge is 0.237 e. The molecule has 2 rings (SSSR count). The fraction of sp³-hybridized carbons (Fsp3) is 0.231. The molecule has 1 unspecified atom stereocenters. The third-order valence-corrected chi connectivity index (χ3v) is 2.75. The lowest BCUT2D eigenvalue weighted by molar-refractivity contribution is -0.121. The van der Waals surface area contributed by atoms with Crippen LogP contribution in [-0.2, 0) is 11.2 Å². The van der Waals surface area contributed by atoms with E-state index >= 15 is 0 Å². The van der Waals surface area contributed by atoms with E-state index in [2.05, 4.69) is 15.7 Å². The minimum absolute atomic E-state index is 0.188. The minimum Gasteiger partial charge on any atom is -0.358 e. The molecule has 1 aromatic heterocycles. The molecule has 0 spiro atoms. The second-order valence-corrected chi connectivity index (χ2v) is 4.16. The second-order valence-electron chi connectivity index (χ2n) is 4.16. The molecule has 0 fully saturated rings. The van der Waals surface area contributed by atoms with E-state index < -0.39 is 6.04 Å². The quantitative estimate of drug-likeness (QED) is 0.724. The predicted molar refractivity (Wildman–Crippen MR) is 73.4 cm³/mol. The number of aromatic nitrogens is 2. The Morgan fingerprint density at radius 2 is 2.16 bits per heavy atom. The van der Waals surface area contributed by atoms with Gasteiger partial charge in [-0.05, 0) is 12.1 Å². The number of nitrogens with two attached hydrogens (primary N) is 1. The molecule has 0 saturated heterocycles. The number of para-hydroxylation sites is 1. The van der Waals surface area contributed by atoms with Crippen molar-refractivity contribution in [3.63, 3.8) is 0 Å². The summed E-state index contributed by atoms with van der Waals surface area (Å²) < 4.78 is 1.76. The van der Waals surface area contributed by atoms with E-state index in [1.54, 1.807) is 24.2 Å². The zero-order valence-electron chi connectivity index (χ0n) is 10.7. The molecule has 1 heterocycles. The average Bonchev–Trinajstić information content (AvgIpc) is 2.86. The van der Waals surface area contributed by atoms with Crippen molar-refractivity contribution in [1.82, 2.24) is 15.0 Å². The molecular weight excluding hydrogens is 242 g/mol. The zero-order chi connectivity index (χ0) is 13.7. The number of imidazole rings is 1. The van der Waals surface area contributed by atoms with Crippen molar-refractivity contribution in [2.24, 2.45) is 5.73 Å². The van der Waals surface area contributed by atoms with Crippen LogP contribution in [0.15, 0.2) is 42.9 Å². The summed E-state index contributed by atoms with van der Waals surface area (Å²) in [6, 6.07) is 9.13. The van der Waals surface area contributed by atoms with E-state index in [1.165, 1.54) is 0 Å². The Kier molecular flexibility index (Phi) is 4.15. The van der Waals surface area contributed by atoms with Crippen molar-refractivity contribution in [2.75, 3.05) is 12.5 Å². The van der Waals surface area contributed by atoms with Crippen LogP contribution < -0.4 is 16.5 Å². The van der Waals surface area contributed by atoms with Gasteiger partial charge in [0.15, 0.2) is 0 Å². The number of amides is 1. The van der Waals surface area contributed by atoms with Gasteiger partial charge in [-0.15, -0.1) is 0 Å². The summed E-state index contributed by atoms with van der Waals surface area (Å²) in [6.45, 7) is 0. The highest BCUT2D eigenvalue weighted by molar-refractivity contribution is 5.81. The third kappa shape index (κ3) is 3.32. The number of nitrogens with zero attached hydrogens (tertiary/aromatic N) is 2. The van der Waals surface area contributed by atoms with Gasteiger partial charge in [0.2, 0.25) is 5.91 Å². The van der Waals surface area contributed by atoms with Crippen LogP contribution in [0.1, 0.15) is 5.69 Å². The minimum atomic E-state index is -0.585. The fourth-order valence-electron chi connectivity index (χ4n) is 1.73. The maximum atomic E-state index is 11.4. The highest BCUT2D eigenvalue weighted by Crippen LogP contribution is 2.08. The van der Waals surface area contributed by atoms with Gasteiger partial charge in [0.25, 0.3) is 0 Å². The van der Waals surface area contributed by atoms with Crippen LogP contribution in [0.3, 0.4) is 0 Å². The van der Waals surface area contributed by atoms with Crippen LogP contribution >= 0.6 is 0 Å². The van der Waals surface area contributed by atoms with E-state index in [9.17, 15) is 4.79 Å². The molecule has 0 saturated carbocycles. The number of benzene rings is 1. The van der Waals surface area contributed by atoms with Crippen LogP contribution in [-0.4, -0.2) is 28.7 Å². The van der Waals surface area contributed by atoms with Gasteiger partial charge in [0.05, 0.1) is 23.6 Å². The monoisotopic (exact) mass is 259 g/mol.